The molecule has 0 spiro atoms. The second-order valence-electron chi connectivity index (χ2n) is 4.77. The molecule has 1 saturated heterocycles. The molecule has 0 aromatic heterocycles. The number of amides is 1. The minimum atomic E-state index is -2.65. The van der Waals surface area contributed by atoms with Crippen LogP contribution in [0, 0.1) is 0 Å². The lowest BCUT2D eigenvalue weighted by molar-refractivity contribution is -0.143. The summed E-state index contributed by atoms with van der Waals surface area (Å²) in [6.45, 7) is 0.342. The number of carbonyl (C=O) groups is 2. The third-order valence-corrected chi connectivity index (χ3v) is 3.43. The van der Waals surface area contributed by atoms with Gasteiger partial charge in [-0.15, -0.1) is 0 Å². The van der Waals surface area contributed by atoms with Crippen LogP contribution in [0.4, 0.5) is 8.78 Å². The van der Waals surface area contributed by atoms with E-state index in [2.05, 4.69) is 0 Å². The van der Waals surface area contributed by atoms with Crippen molar-refractivity contribution < 1.29 is 23.5 Å². The Morgan fingerprint density at radius 3 is 2.70 bits per heavy atom. The molecular weight excluding hydrogens is 268 g/mol. The Bertz CT molecular complexity index is 519. The molecule has 1 aromatic carbocycles. The van der Waals surface area contributed by atoms with Crippen molar-refractivity contribution in [1.29, 1.82) is 0 Å². The van der Waals surface area contributed by atoms with Gasteiger partial charge in [0.25, 0.3) is 12.3 Å². The molecule has 1 aliphatic rings. The minimum Gasteiger partial charge on any atom is -0.480 e. The molecule has 1 atom stereocenters. The van der Waals surface area contributed by atoms with Gasteiger partial charge in [-0.25, -0.2) is 13.6 Å². The van der Waals surface area contributed by atoms with Crippen LogP contribution >= 0.6 is 0 Å². The van der Waals surface area contributed by atoms with Crippen LogP contribution < -0.4 is 0 Å². The van der Waals surface area contributed by atoms with Crippen LogP contribution in [-0.2, 0) is 4.79 Å². The van der Waals surface area contributed by atoms with Crippen LogP contribution in [0.25, 0.3) is 0 Å². The monoisotopic (exact) mass is 283 g/mol. The zero-order chi connectivity index (χ0) is 14.7. The summed E-state index contributed by atoms with van der Waals surface area (Å²) in [5.41, 5.74) is -0.129. The van der Waals surface area contributed by atoms with Gasteiger partial charge < -0.3 is 10.0 Å². The number of hydrogen-bond acceptors (Lipinski definition) is 2. The molecule has 1 fully saturated rings. The van der Waals surface area contributed by atoms with E-state index >= 15 is 0 Å². The van der Waals surface area contributed by atoms with Crippen LogP contribution in [0.15, 0.2) is 24.3 Å². The van der Waals surface area contributed by atoms with Gasteiger partial charge in [0.05, 0.1) is 0 Å². The fourth-order valence-electron chi connectivity index (χ4n) is 2.40. The normalized spacial score (nSPS) is 19.1. The van der Waals surface area contributed by atoms with Gasteiger partial charge in [-0.1, -0.05) is 12.1 Å². The number of rotatable bonds is 3. The van der Waals surface area contributed by atoms with Crippen LogP contribution in [-0.4, -0.2) is 34.5 Å². The predicted molar refractivity (Wildman–Crippen MR) is 67.7 cm³/mol. The largest absolute Gasteiger partial charge is 0.480 e. The van der Waals surface area contributed by atoms with Gasteiger partial charge >= 0.3 is 5.97 Å². The van der Waals surface area contributed by atoms with E-state index in [1.54, 1.807) is 0 Å². The lowest BCUT2D eigenvalue weighted by atomic mass is 10.0. The number of carboxylic acids is 1. The number of carboxylic acid groups (broad SMARTS) is 1. The summed E-state index contributed by atoms with van der Waals surface area (Å²) in [7, 11) is 0. The van der Waals surface area contributed by atoms with Gasteiger partial charge in [-0.3, -0.25) is 4.79 Å². The lowest BCUT2D eigenvalue weighted by Crippen LogP contribution is -2.48. The van der Waals surface area contributed by atoms with Gasteiger partial charge in [-0.2, -0.15) is 0 Å². The summed E-state index contributed by atoms with van der Waals surface area (Å²) in [6, 6.07) is 4.31. The quantitative estimate of drug-likeness (QED) is 0.928. The summed E-state index contributed by atoms with van der Waals surface area (Å²) < 4.78 is 25.3. The summed E-state index contributed by atoms with van der Waals surface area (Å²) in [4.78, 5) is 24.7. The molecule has 20 heavy (non-hydrogen) atoms. The second kappa shape index (κ2) is 5.98. The highest BCUT2D eigenvalue weighted by atomic mass is 19.3. The van der Waals surface area contributed by atoms with E-state index in [1.165, 1.54) is 23.1 Å². The Morgan fingerprint density at radius 1 is 1.30 bits per heavy atom. The molecule has 1 N–H and O–H groups in total. The van der Waals surface area contributed by atoms with Gasteiger partial charge in [-0.05, 0) is 31.4 Å². The maximum atomic E-state index is 12.6. The van der Waals surface area contributed by atoms with E-state index in [9.17, 15) is 18.4 Å². The van der Waals surface area contributed by atoms with E-state index in [0.717, 1.165) is 18.9 Å². The standard InChI is InChI=1S/C14H15F2NO3/c15-12(16)9-4-3-5-10(8-9)13(18)17-7-2-1-6-11(17)14(19)20/h3-5,8,11-12H,1-2,6-7H2,(H,19,20)/t11-/m1/s1. The number of aliphatic carboxylic acids is 1. The van der Waals surface area contributed by atoms with Crippen molar-refractivity contribution in [2.24, 2.45) is 0 Å². The molecule has 6 heteroatoms. The third-order valence-electron chi connectivity index (χ3n) is 3.43. The Kier molecular flexibility index (Phi) is 4.32. The van der Waals surface area contributed by atoms with E-state index in [4.69, 9.17) is 5.11 Å². The average Bonchev–Trinajstić information content (AvgIpc) is 2.46. The number of carbonyl (C=O) groups excluding carboxylic acids is 1. The zero-order valence-corrected chi connectivity index (χ0v) is 10.8. The fraction of sp³-hybridized carbons (Fsp3) is 0.429. The van der Waals surface area contributed by atoms with E-state index in [1.807, 2.05) is 0 Å². The van der Waals surface area contributed by atoms with Gasteiger partial charge in [0.1, 0.15) is 6.04 Å². The van der Waals surface area contributed by atoms with Gasteiger partial charge in [0.15, 0.2) is 0 Å². The molecule has 0 saturated carbocycles. The number of nitrogens with zero attached hydrogens (tertiary/aromatic N) is 1. The molecule has 1 aliphatic heterocycles. The molecule has 0 aliphatic carbocycles. The molecular formula is C14H15F2NO3. The van der Waals surface area contributed by atoms with Crippen molar-refractivity contribution in [2.45, 2.75) is 31.7 Å². The number of alkyl halides is 2. The van der Waals surface area contributed by atoms with E-state index in [0.29, 0.717) is 13.0 Å². The molecule has 1 heterocycles. The summed E-state index contributed by atoms with van der Waals surface area (Å²) in [5.74, 6) is -1.55. The number of hydrogen-bond donors (Lipinski definition) is 1. The number of likely N-dealkylation sites (tertiary alicyclic amines) is 1. The number of piperidine rings is 1. The molecule has 0 unspecified atom stereocenters. The smallest absolute Gasteiger partial charge is 0.326 e. The fourth-order valence-corrected chi connectivity index (χ4v) is 2.40. The van der Waals surface area contributed by atoms with Crippen LogP contribution in [0.5, 0.6) is 0 Å². The van der Waals surface area contributed by atoms with Crippen molar-refractivity contribution in [3.8, 4) is 0 Å². The molecule has 108 valence electrons. The lowest BCUT2D eigenvalue weighted by Gasteiger charge is -2.33. The molecule has 0 radical (unpaired) electrons. The van der Waals surface area contributed by atoms with Crippen LogP contribution in [0.3, 0.4) is 0 Å². The Labute approximate surface area is 115 Å². The molecule has 1 amide bonds. The maximum Gasteiger partial charge on any atom is 0.326 e. The van der Waals surface area contributed by atoms with Crippen molar-refractivity contribution >= 4 is 11.9 Å². The van der Waals surface area contributed by atoms with E-state index < -0.39 is 24.3 Å². The highest BCUT2D eigenvalue weighted by Crippen LogP contribution is 2.23. The topological polar surface area (TPSA) is 57.6 Å². The van der Waals surface area contributed by atoms with Crippen molar-refractivity contribution in [1.82, 2.24) is 4.90 Å². The Morgan fingerprint density at radius 2 is 2.05 bits per heavy atom. The molecule has 4 nitrogen and oxygen atoms in total. The Balaban J connectivity index is 2.25. The summed E-state index contributed by atoms with van der Waals surface area (Å²) in [6.07, 6.45) is -0.781. The first-order chi connectivity index (χ1) is 9.50. The predicted octanol–water partition coefficient (Wildman–Crippen LogP) is 2.70. The third kappa shape index (κ3) is 2.95. The second-order valence-corrected chi connectivity index (χ2v) is 4.77. The highest BCUT2D eigenvalue weighted by Gasteiger charge is 2.32. The first kappa shape index (κ1) is 14.4. The van der Waals surface area contributed by atoms with Crippen LogP contribution in [0.2, 0.25) is 0 Å². The minimum absolute atomic E-state index is 0.107. The maximum absolute atomic E-state index is 12.6. The number of halogens is 2. The van der Waals surface area contributed by atoms with Gasteiger partial charge in [0.2, 0.25) is 0 Å². The van der Waals surface area contributed by atoms with Crippen molar-refractivity contribution in [3.05, 3.63) is 35.4 Å². The first-order valence-corrected chi connectivity index (χ1v) is 6.42. The summed E-state index contributed by atoms with van der Waals surface area (Å²) >= 11 is 0. The highest BCUT2D eigenvalue weighted by molar-refractivity contribution is 5.96. The van der Waals surface area contributed by atoms with Crippen LogP contribution in [0.1, 0.15) is 41.6 Å². The summed E-state index contributed by atoms with van der Waals surface area (Å²) in [5, 5.41) is 9.13. The average molecular weight is 283 g/mol. The number of benzene rings is 1. The van der Waals surface area contributed by atoms with E-state index in [-0.39, 0.29) is 11.1 Å². The SMILES string of the molecule is O=C(O)[C@H]1CCCCN1C(=O)c1cccc(C(F)F)c1. The van der Waals surface area contributed by atoms with Crippen molar-refractivity contribution in [2.75, 3.05) is 6.54 Å². The zero-order valence-electron chi connectivity index (χ0n) is 10.8. The van der Waals surface area contributed by atoms with Gasteiger partial charge in [0, 0.05) is 17.7 Å². The molecule has 1 aromatic rings. The first-order valence-electron chi connectivity index (χ1n) is 6.42. The molecule has 2 rings (SSSR count). The Hall–Kier alpha value is -1.98. The van der Waals surface area contributed by atoms with Crippen molar-refractivity contribution in [3.63, 3.8) is 0 Å². The molecule has 0 bridgehead atoms.